The average Bonchev–Trinajstić information content (AvgIpc) is 3.17. The lowest BCUT2D eigenvalue weighted by molar-refractivity contribution is -0.385. The molecule has 0 fully saturated rings. The van der Waals surface area contributed by atoms with Gasteiger partial charge in [-0.05, 0) is 29.8 Å². The molecule has 0 bridgehead atoms. The second-order valence-electron chi connectivity index (χ2n) is 7.28. The number of nitrogens with zero attached hydrogens (tertiary/aromatic N) is 5. The number of nitrogens with two attached hydrogens (primary N) is 1. The molecule has 3 N–H and O–H groups in total. The van der Waals surface area contributed by atoms with E-state index in [1.165, 1.54) is 36.1 Å². The molecule has 0 spiro atoms. The number of allylic oxidation sites excluding steroid dienone is 1. The van der Waals surface area contributed by atoms with Crippen LogP contribution in [0.2, 0.25) is 0 Å². The Hall–Kier alpha value is -5.08. The Balaban J connectivity index is 2.02. The number of nitro groups is 1. The van der Waals surface area contributed by atoms with Gasteiger partial charge in [-0.15, -0.1) is 0 Å². The number of aromatic nitrogens is 2. The first-order valence-corrected chi connectivity index (χ1v) is 10.2. The van der Waals surface area contributed by atoms with Gasteiger partial charge in [0.25, 0.3) is 5.69 Å². The third-order valence-electron chi connectivity index (χ3n) is 4.99. The molecule has 37 heavy (non-hydrogen) atoms. The molecule has 1 heterocycles. The van der Waals surface area contributed by atoms with Crippen molar-refractivity contribution in [2.24, 2.45) is 0 Å². The second kappa shape index (κ2) is 10.7. The number of hydrogen-bond donors (Lipinski definition) is 2. The summed E-state index contributed by atoms with van der Waals surface area (Å²) in [6.45, 7) is -0.299. The zero-order valence-electron chi connectivity index (χ0n) is 19.0. The van der Waals surface area contributed by atoms with Crippen LogP contribution in [0.1, 0.15) is 22.4 Å². The maximum absolute atomic E-state index is 13.5. The molecule has 0 radical (unpaired) electrons. The van der Waals surface area contributed by atoms with E-state index in [9.17, 15) is 33.8 Å². The van der Waals surface area contributed by atoms with Gasteiger partial charge in [0.05, 0.1) is 30.8 Å². The van der Waals surface area contributed by atoms with Crippen molar-refractivity contribution in [3.05, 3.63) is 68.9 Å². The van der Waals surface area contributed by atoms with Gasteiger partial charge in [-0.25, -0.2) is 4.68 Å². The van der Waals surface area contributed by atoms with Crippen molar-refractivity contribution in [3.63, 3.8) is 0 Å². The lowest BCUT2D eigenvalue weighted by Crippen LogP contribution is -2.08. The molecule has 0 unspecified atom stereocenters. The number of hydrogen-bond acceptors (Lipinski definition) is 9. The van der Waals surface area contributed by atoms with Crippen molar-refractivity contribution in [2.75, 3.05) is 19.5 Å². The fourth-order valence-electron chi connectivity index (χ4n) is 3.28. The van der Waals surface area contributed by atoms with Gasteiger partial charge >= 0.3 is 6.18 Å². The molecule has 2 aromatic carbocycles. The molecular formula is C23H17F3N6O5. The molecule has 190 valence electrons. The Labute approximate surface area is 207 Å². The van der Waals surface area contributed by atoms with Crippen LogP contribution < -0.4 is 15.2 Å². The number of aliphatic hydroxyl groups excluding tert-OH is 1. The molecule has 11 nitrogen and oxygen atoms in total. The SMILES string of the molecule is COc1cc(/C=C(\C#N)c2nn(CCO)c(N)c2C#N)ccc1Oc1ccc([N+](=O)[O-])cc1C(F)(F)F. The smallest absolute Gasteiger partial charge is 0.420 e. The standard InChI is InChI=1S/C23H17F3N6O5/c1-36-20-9-13(8-14(11-27)21-16(12-28)22(29)31(30-21)6-7-33)2-4-19(20)37-18-5-3-15(32(34)35)10-17(18)23(24,25)26/h2-5,8-10,33H,6-7,29H2,1H3/b14-8+. The highest BCUT2D eigenvalue weighted by Crippen LogP contribution is 2.42. The lowest BCUT2D eigenvalue weighted by Gasteiger charge is -2.15. The molecule has 0 atom stereocenters. The average molecular weight is 514 g/mol. The molecule has 0 amide bonds. The number of nitriles is 2. The van der Waals surface area contributed by atoms with Gasteiger partial charge in [-0.2, -0.15) is 28.8 Å². The van der Waals surface area contributed by atoms with Gasteiger partial charge in [0.15, 0.2) is 11.5 Å². The van der Waals surface area contributed by atoms with Gasteiger partial charge in [-0.3, -0.25) is 10.1 Å². The van der Waals surface area contributed by atoms with Gasteiger partial charge < -0.3 is 20.3 Å². The van der Waals surface area contributed by atoms with Crippen molar-refractivity contribution in [3.8, 4) is 29.4 Å². The highest BCUT2D eigenvalue weighted by molar-refractivity contribution is 5.91. The van der Waals surface area contributed by atoms with E-state index in [4.69, 9.17) is 20.3 Å². The van der Waals surface area contributed by atoms with Crippen LogP contribution in [0.5, 0.6) is 17.2 Å². The predicted octanol–water partition coefficient (Wildman–Crippen LogP) is 4.12. The first-order valence-electron chi connectivity index (χ1n) is 10.2. The van der Waals surface area contributed by atoms with Crippen LogP contribution in [-0.2, 0) is 12.7 Å². The van der Waals surface area contributed by atoms with Crippen LogP contribution in [0, 0.1) is 32.8 Å². The third-order valence-corrected chi connectivity index (χ3v) is 4.99. The largest absolute Gasteiger partial charge is 0.493 e. The summed E-state index contributed by atoms with van der Waals surface area (Å²) in [5.74, 6) is -0.853. The van der Waals surface area contributed by atoms with E-state index >= 15 is 0 Å². The number of rotatable bonds is 8. The number of aliphatic hydroxyl groups is 1. The van der Waals surface area contributed by atoms with E-state index in [1.807, 2.05) is 12.1 Å². The summed E-state index contributed by atoms with van der Waals surface area (Å²) in [6.07, 6.45) is -3.58. The minimum Gasteiger partial charge on any atom is -0.493 e. The van der Waals surface area contributed by atoms with Gasteiger partial charge in [0.2, 0.25) is 0 Å². The van der Waals surface area contributed by atoms with Crippen LogP contribution in [0.15, 0.2) is 36.4 Å². The maximum Gasteiger partial charge on any atom is 0.420 e. The zero-order valence-corrected chi connectivity index (χ0v) is 19.0. The summed E-state index contributed by atoms with van der Waals surface area (Å²) in [4.78, 5) is 9.95. The van der Waals surface area contributed by atoms with Crippen LogP contribution in [-0.4, -0.2) is 33.5 Å². The topological polar surface area (TPSA) is 173 Å². The van der Waals surface area contributed by atoms with E-state index in [-0.39, 0.29) is 47.3 Å². The zero-order chi connectivity index (χ0) is 27.3. The summed E-state index contributed by atoms with van der Waals surface area (Å²) >= 11 is 0. The Bertz CT molecular complexity index is 1470. The normalized spacial score (nSPS) is 11.5. The van der Waals surface area contributed by atoms with Crippen LogP contribution in [0.4, 0.5) is 24.7 Å². The maximum atomic E-state index is 13.5. The van der Waals surface area contributed by atoms with Crippen molar-refractivity contribution in [1.29, 1.82) is 10.5 Å². The summed E-state index contributed by atoms with van der Waals surface area (Å²) < 4.78 is 52.3. The second-order valence-corrected chi connectivity index (χ2v) is 7.28. The highest BCUT2D eigenvalue weighted by atomic mass is 19.4. The Kier molecular flexibility index (Phi) is 7.65. The minimum absolute atomic E-state index is 0.00163. The monoisotopic (exact) mass is 514 g/mol. The number of benzene rings is 2. The molecule has 0 aliphatic rings. The quantitative estimate of drug-likeness (QED) is 0.255. The van der Waals surface area contributed by atoms with Crippen molar-refractivity contribution < 1.29 is 32.7 Å². The molecular weight excluding hydrogens is 497 g/mol. The number of halogens is 3. The van der Waals surface area contributed by atoms with Gasteiger partial charge in [0.1, 0.15) is 40.5 Å². The first-order chi connectivity index (χ1) is 17.5. The summed E-state index contributed by atoms with van der Waals surface area (Å²) in [7, 11) is 1.24. The Morgan fingerprint density at radius 3 is 2.51 bits per heavy atom. The van der Waals surface area contributed by atoms with Gasteiger partial charge in [0, 0.05) is 12.1 Å². The molecule has 0 aliphatic carbocycles. The number of nitrogen functional groups attached to an aromatic ring is 1. The molecule has 14 heteroatoms. The fourth-order valence-corrected chi connectivity index (χ4v) is 3.28. The summed E-state index contributed by atoms with van der Waals surface area (Å²) in [6, 6.07) is 9.92. The molecule has 1 aromatic heterocycles. The lowest BCUT2D eigenvalue weighted by atomic mass is 10.1. The Morgan fingerprint density at radius 2 is 1.95 bits per heavy atom. The Morgan fingerprint density at radius 1 is 1.24 bits per heavy atom. The highest BCUT2D eigenvalue weighted by Gasteiger charge is 2.36. The molecule has 3 aromatic rings. The summed E-state index contributed by atoms with van der Waals surface area (Å²) in [5.41, 5.74) is 3.98. The first kappa shape index (κ1) is 26.5. The minimum atomic E-state index is -4.93. The van der Waals surface area contributed by atoms with Crippen LogP contribution in [0.25, 0.3) is 11.6 Å². The van der Waals surface area contributed by atoms with E-state index in [0.717, 1.165) is 12.1 Å². The van der Waals surface area contributed by atoms with E-state index < -0.39 is 28.1 Å². The molecule has 0 saturated heterocycles. The molecule has 0 aliphatic heterocycles. The van der Waals surface area contributed by atoms with Crippen LogP contribution >= 0.6 is 0 Å². The molecule has 3 rings (SSSR count). The number of non-ortho nitro benzene ring substituents is 1. The van der Waals surface area contributed by atoms with E-state index in [0.29, 0.717) is 11.6 Å². The van der Waals surface area contributed by atoms with Crippen LogP contribution in [0.3, 0.4) is 0 Å². The summed E-state index contributed by atoms with van der Waals surface area (Å²) in [5, 5.41) is 43.3. The number of alkyl halides is 3. The number of ether oxygens (including phenoxy) is 2. The fraction of sp³-hybridized carbons (Fsp3) is 0.174. The van der Waals surface area contributed by atoms with Crippen molar-refractivity contribution >= 4 is 23.2 Å². The van der Waals surface area contributed by atoms with E-state index in [1.54, 1.807) is 0 Å². The predicted molar refractivity (Wildman–Crippen MR) is 123 cm³/mol. The number of methoxy groups -OCH3 is 1. The number of anilines is 1. The third kappa shape index (κ3) is 5.61. The van der Waals surface area contributed by atoms with E-state index in [2.05, 4.69) is 5.10 Å². The van der Waals surface area contributed by atoms with Crippen molar-refractivity contribution in [2.45, 2.75) is 12.7 Å². The molecule has 0 saturated carbocycles. The van der Waals surface area contributed by atoms with Crippen molar-refractivity contribution in [1.82, 2.24) is 9.78 Å². The number of nitro benzene ring substituents is 1. The van der Waals surface area contributed by atoms with Gasteiger partial charge in [-0.1, -0.05) is 6.07 Å².